The number of aliphatic hydroxyl groups excluding tert-OH is 1. The van der Waals surface area contributed by atoms with E-state index in [4.69, 9.17) is 15.7 Å². The van der Waals surface area contributed by atoms with E-state index >= 15 is 0 Å². The van der Waals surface area contributed by atoms with Gasteiger partial charge in [0.15, 0.2) is 0 Å². The Hall–Kier alpha value is -2.10. The van der Waals surface area contributed by atoms with Crippen LogP contribution in [-0.4, -0.2) is 28.9 Å². The van der Waals surface area contributed by atoms with E-state index in [0.29, 0.717) is 0 Å². The lowest BCUT2D eigenvalue weighted by atomic mass is 9.77. The zero-order valence-electron chi connectivity index (χ0n) is 14.7. The van der Waals surface area contributed by atoms with Gasteiger partial charge in [0.05, 0.1) is 24.1 Å². The Kier molecular flexibility index (Phi) is 6.76. The first kappa shape index (κ1) is 19.9. The third-order valence-corrected chi connectivity index (χ3v) is 3.57. The first-order valence-electron chi connectivity index (χ1n) is 7.98. The lowest BCUT2D eigenvalue weighted by Crippen LogP contribution is -2.59. The number of hydrogen-bond donors (Lipinski definition) is 3. The Balaban J connectivity index is 3.30. The van der Waals surface area contributed by atoms with Crippen LogP contribution in [0.5, 0.6) is 0 Å². The Morgan fingerprint density at radius 3 is 2.42 bits per heavy atom. The molecule has 0 radical (unpaired) electrons. The second-order valence-electron chi connectivity index (χ2n) is 6.99. The molecule has 3 atom stereocenters. The molecule has 1 rings (SSSR count). The van der Waals surface area contributed by atoms with Crippen molar-refractivity contribution in [2.24, 2.45) is 5.73 Å². The summed E-state index contributed by atoms with van der Waals surface area (Å²) in [6, 6.07) is 10.5. The van der Waals surface area contributed by atoms with Crippen LogP contribution in [-0.2, 0) is 10.3 Å². The Morgan fingerprint density at radius 2 is 1.96 bits per heavy atom. The van der Waals surface area contributed by atoms with Gasteiger partial charge in [0, 0.05) is 12.5 Å². The smallest absolute Gasteiger partial charge is 0.408 e. The molecular formula is C18H27N3O3. The molecular weight excluding hydrogens is 306 g/mol. The van der Waals surface area contributed by atoms with Crippen molar-refractivity contribution in [1.82, 2.24) is 5.32 Å². The molecule has 0 saturated carbocycles. The van der Waals surface area contributed by atoms with Crippen molar-refractivity contribution < 1.29 is 14.6 Å². The fourth-order valence-corrected chi connectivity index (χ4v) is 2.66. The maximum absolute atomic E-state index is 12.4. The number of nitrogens with zero attached hydrogens (tertiary/aromatic N) is 1. The number of alkyl carbamates (subject to hydrolysis) is 1. The Morgan fingerprint density at radius 1 is 1.38 bits per heavy atom. The quantitative estimate of drug-likeness (QED) is 0.741. The van der Waals surface area contributed by atoms with Gasteiger partial charge < -0.3 is 20.9 Å². The minimum Gasteiger partial charge on any atom is -0.444 e. The van der Waals surface area contributed by atoms with Crippen LogP contribution in [0, 0.1) is 11.3 Å². The molecule has 1 aromatic carbocycles. The number of aliphatic hydroxyl groups is 1. The minimum absolute atomic E-state index is 0.0252. The molecule has 4 N–H and O–H groups in total. The maximum atomic E-state index is 12.4. The van der Waals surface area contributed by atoms with Crippen LogP contribution in [0.25, 0.3) is 0 Å². The number of rotatable bonds is 6. The molecule has 6 nitrogen and oxygen atoms in total. The molecule has 6 heteroatoms. The first-order valence-corrected chi connectivity index (χ1v) is 7.98. The van der Waals surface area contributed by atoms with Crippen LogP contribution in [0.2, 0.25) is 0 Å². The second-order valence-corrected chi connectivity index (χ2v) is 6.99. The molecule has 0 aliphatic carbocycles. The third kappa shape index (κ3) is 5.52. The number of amides is 1. The highest BCUT2D eigenvalue weighted by Gasteiger charge is 2.42. The zero-order chi connectivity index (χ0) is 18.4. The molecule has 0 bridgehead atoms. The van der Waals surface area contributed by atoms with Gasteiger partial charge in [0.2, 0.25) is 0 Å². The van der Waals surface area contributed by atoms with E-state index in [2.05, 4.69) is 5.32 Å². The van der Waals surface area contributed by atoms with Crippen molar-refractivity contribution >= 4 is 6.09 Å². The van der Waals surface area contributed by atoms with Crippen LogP contribution in [0.4, 0.5) is 4.79 Å². The van der Waals surface area contributed by atoms with Crippen molar-refractivity contribution in [3.63, 3.8) is 0 Å². The fraction of sp³-hybridized carbons (Fsp3) is 0.556. The van der Waals surface area contributed by atoms with Gasteiger partial charge in [-0.15, -0.1) is 0 Å². The number of ether oxygens (including phenoxy) is 1. The molecule has 0 heterocycles. The molecule has 0 saturated heterocycles. The predicted molar refractivity (Wildman–Crippen MR) is 92.0 cm³/mol. The van der Waals surface area contributed by atoms with Gasteiger partial charge in [-0.05, 0) is 33.3 Å². The Bertz CT molecular complexity index is 575. The van der Waals surface area contributed by atoms with E-state index in [0.717, 1.165) is 5.56 Å². The summed E-state index contributed by atoms with van der Waals surface area (Å²) in [7, 11) is 0. The molecule has 0 aromatic heterocycles. The highest BCUT2D eigenvalue weighted by Crippen LogP contribution is 2.31. The summed E-state index contributed by atoms with van der Waals surface area (Å²) in [5.74, 6) is 0. The van der Waals surface area contributed by atoms with Gasteiger partial charge in [-0.3, -0.25) is 0 Å². The van der Waals surface area contributed by atoms with E-state index in [1.54, 1.807) is 27.7 Å². The summed E-state index contributed by atoms with van der Waals surface area (Å²) in [4.78, 5) is 12.4. The SMILES string of the molecule is CC(O)CC(NC(=O)OC(C)(C)C)(c1ccccc1)C(N)CC#N. The summed E-state index contributed by atoms with van der Waals surface area (Å²) in [5, 5.41) is 21.9. The van der Waals surface area contributed by atoms with E-state index in [-0.39, 0.29) is 12.8 Å². The molecule has 0 aliphatic heterocycles. The average Bonchev–Trinajstić information content (AvgIpc) is 2.45. The molecule has 132 valence electrons. The summed E-state index contributed by atoms with van der Waals surface area (Å²) < 4.78 is 5.35. The third-order valence-electron chi connectivity index (χ3n) is 3.57. The summed E-state index contributed by atoms with van der Waals surface area (Å²) in [5.41, 5.74) is 5.20. The molecule has 3 unspecified atom stereocenters. The minimum atomic E-state index is -1.10. The average molecular weight is 333 g/mol. The van der Waals surface area contributed by atoms with Crippen LogP contribution < -0.4 is 11.1 Å². The summed E-state index contributed by atoms with van der Waals surface area (Å²) in [6.45, 7) is 6.91. The second kappa shape index (κ2) is 8.13. The van der Waals surface area contributed by atoms with Crippen LogP contribution in [0.3, 0.4) is 0 Å². The molecule has 1 aromatic rings. The standard InChI is InChI=1S/C18H27N3O3/c1-13(22)12-18(15(20)10-11-19,14-8-6-5-7-9-14)21-16(23)24-17(2,3)4/h5-9,13,15,22H,10,12,20H2,1-4H3,(H,21,23). The van der Waals surface area contributed by atoms with Crippen LogP contribution in [0.15, 0.2) is 30.3 Å². The maximum Gasteiger partial charge on any atom is 0.408 e. The molecule has 0 spiro atoms. The van der Waals surface area contributed by atoms with Gasteiger partial charge in [-0.1, -0.05) is 30.3 Å². The number of carbonyl (C=O) groups excluding carboxylic acids is 1. The molecule has 24 heavy (non-hydrogen) atoms. The number of hydrogen-bond acceptors (Lipinski definition) is 5. The summed E-state index contributed by atoms with van der Waals surface area (Å²) >= 11 is 0. The van der Waals surface area contributed by atoms with Crippen molar-refractivity contribution in [3.05, 3.63) is 35.9 Å². The molecule has 1 amide bonds. The van der Waals surface area contributed by atoms with Crippen LogP contribution in [0.1, 0.15) is 46.1 Å². The lowest BCUT2D eigenvalue weighted by Gasteiger charge is -2.40. The van der Waals surface area contributed by atoms with Crippen LogP contribution >= 0.6 is 0 Å². The van der Waals surface area contributed by atoms with Crippen molar-refractivity contribution in [3.8, 4) is 6.07 Å². The van der Waals surface area contributed by atoms with Crippen molar-refractivity contribution in [1.29, 1.82) is 5.26 Å². The van der Waals surface area contributed by atoms with Gasteiger partial charge in [0.1, 0.15) is 5.60 Å². The summed E-state index contributed by atoms with van der Waals surface area (Å²) in [6.07, 6.45) is -1.18. The van der Waals surface area contributed by atoms with Gasteiger partial charge in [-0.2, -0.15) is 5.26 Å². The zero-order valence-corrected chi connectivity index (χ0v) is 14.7. The molecule has 0 fully saturated rings. The monoisotopic (exact) mass is 333 g/mol. The number of carbonyl (C=O) groups is 1. The number of benzene rings is 1. The van der Waals surface area contributed by atoms with Gasteiger partial charge >= 0.3 is 6.09 Å². The normalized spacial score (nSPS) is 16.4. The Labute approximate surface area is 143 Å². The topological polar surface area (TPSA) is 108 Å². The van der Waals surface area contributed by atoms with E-state index in [1.165, 1.54) is 0 Å². The van der Waals surface area contributed by atoms with Gasteiger partial charge in [0.25, 0.3) is 0 Å². The first-order chi connectivity index (χ1) is 11.1. The lowest BCUT2D eigenvalue weighted by molar-refractivity contribution is 0.0370. The van der Waals surface area contributed by atoms with Gasteiger partial charge in [-0.25, -0.2) is 4.79 Å². The highest BCUT2D eigenvalue weighted by atomic mass is 16.6. The fourth-order valence-electron chi connectivity index (χ4n) is 2.66. The van der Waals surface area contributed by atoms with E-state index in [9.17, 15) is 9.90 Å². The predicted octanol–water partition coefficient (Wildman–Crippen LogP) is 2.42. The van der Waals surface area contributed by atoms with Crippen molar-refractivity contribution in [2.75, 3.05) is 0 Å². The highest BCUT2D eigenvalue weighted by molar-refractivity contribution is 5.69. The number of nitrogens with two attached hydrogens (primary N) is 1. The number of nitrogens with one attached hydrogen (secondary N) is 1. The largest absolute Gasteiger partial charge is 0.444 e. The van der Waals surface area contributed by atoms with Crippen molar-refractivity contribution in [2.45, 2.75) is 63.8 Å². The van der Waals surface area contributed by atoms with E-state index < -0.39 is 29.4 Å². The number of nitriles is 1. The molecule has 0 aliphatic rings. The van der Waals surface area contributed by atoms with E-state index in [1.807, 2.05) is 36.4 Å².